The maximum atomic E-state index is 12.4. The summed E-state index contributed by atoms with van der Waals surface area (Å²) in [5.74, 6) is 0.163. The van der Waals surface area contributed by atoms with Gasteiger partial charge in [0.15, 0.2) is 0 Å². The largest absolute Gasteiger partial charge is 0.343 e. The predicted molar refractivity (Wildman–Crippen MR) is 94.0 cm³/mol. The molecular weight excluding hydrogens is 296 g/mol. The molecule has 1 amide bonds. The number of carbonyl (C=O) groups excluding carboxylic acids is 1. The Bertz CT molecular complexity index is 465. The Balaban J connectivity index is 0.00000242. The van der Waals surface area contributed by atoms with E-state index in [1.807, 2.05) is 42.3 Å². The first-order chi connectivity index (χ1) is 9.89. The molecule has 3 nitrogen and oxygen atoms in total. The van der Waals surface area contributed by atoms with Gasteiger partial charge in [0.25, 0.3) is 0 Å². The summed E-state index contributed by atoms with van der Waals surface area (Å²) < 4.78 is 0. The van der Waals surface area contributed by atoms with Crippen molar-refractivity contribution >= 4 is 18.3 Å². The van der Waals surface area contributed by atoms with Gasteiger partial charge in [-0.1, -0.05) is 44.2 Å². The first-order valence-electron chi connectivity index (χ1n) is 7.95. The molecule has 2 rings (SSSR count). The summed E-state index contributed by atoms with van der Waals surface area (Å²) in [6, 6.07) is 10.0. The SMILES string of the molecule is CN(C(=O)CC(N)c1ccccc1)C1CCC(C)(C)CC1.Cl. The summed E-state index contributed by atoms with van der Waals surface area (Å²) in [5, 5.41) is 0. The minimum absolute atomic E-state index is 0. The molecule has 0 heterocycles. The number of rotatable bonds is 4. The molecule has 1 unspecified atom stereocenters. The molecule has 1 aliphatic carbocycles. The van der Waals surface area contributed by atoms with Crippen LogP contribution < -0.4 is 5.73 Å². The molecule has 1 atom stereocenters. The molecule has 1 aromatic rings. The lowest BCUT2D eigenvalue weighted by molar-refractivity contribution is -0.133. The number of hydrogen-bond donors (Lipinski definition) is 1. The van der Waals surface area contributed by atoms with Crippen LogP contribution in [0.3, 0.4) is 0 Å². The van der Waals surface area contributed by atoms with E-state index in [0.29, 0.717) is 17.9 Å². The quantitative estimate of drug-likeness (QED) is 0.912. The Morgan fingerprint density at radius 2 is 1.82 bits per heavy atom. The zero-order chi connectivity index (χ0) is 15.5. The molecule has 4 heteroatoms. The molecule has 1 aromatic carbocycles. The highest BCUT2D eigenvalue weighted by Crippen LogP contribution is 2.36. The Labute approximate surface area is 140 Å². The van der Waals surface area contributed by atoms with Crippen LogP contribution in [0.5, 0.6) is 0 Å². The van der Waals surface area contributed by atoms with Gasteiger partial charge >= 0.3 is 0 Å². The van der Waals surface area contributed by atoms with Crippen LogP contribution in [0.4, 0.5) is 0 Å². The van der Waals surface area contributed by atoms with Gasteiger partial charge in [-0.15, -0.1) is 12.4 Å². The standard InChI is InChI=1S/C18H28N2O.ClH/c1-18(2)11-9-15(10-12-18)20(3)17(21)13-16(19)14-7-5-4-6-8-14;/h4-8,15-16H,9-13,19H2,1-3H3;1H. The van der Waals surface area contributed by atoms with Crippen LogP contribution in [-0.2, 0) is 4.79 Å². The summed E-state index contributed by atoms with van der Waals surface area (Å²) in [4.78, 5) is 14.4. The summed E-state index contributed by atoms with van der Waals surface area (Å²) in [6.07, 6.45) is 4.99. The Morgan fingerprint density at radius 3 is 2.36 bits per heavy atom. The lowest BCUT2D eigenvalue weighted by atomic mass is 9.75. The third kappa shape index (κ3) is 4.99. The molecule has 0 saturated heterocycles. The highest BCUT2D eigenvalue weighted by atomic mass is 35.5. The zero-order valence-corrected chi connectivity index (χ0v) is 14.7. The van der Waals surface area contributed by atoms with Crippen molar-refractivity contribution in [2.24, 2.45) is 11.1 Å². The van der Waals surface area contributed by atoms with Gasteiger partial charge in [-0.3, -0.25) is 4.79 Å². The molecule has 0 aliphatic heterocycles. The van der Waals surface area contributed by atoms with Gasteiger partial charge in [0.1, 0.15) is 0 Å². The summed E-state index contributed by atoms with van der Waals surface area (Å²) in [5.41, 5.74) is 7.62. The molecule has 0 bridgehead atoms. The van der Waals surface area contributed by atoms with E-state index >= 15 is 0 Å². The monoisotopic (exact) mass is 324 g/mol. The Morgan fingerprint density at radius 1 is 1.27 bits per heavy atom. The van der Waals surface area contributed by atoms with E-state index in [2.05, 4.69) is 13.8 Å². The van der Waals surface area contributed by atoms with Crippen molar-refractivity contribution in [2.45, 2.75) is 58.0 Å². The zero-order valence-electron chi connectivity index (χ0n) is 13.9. The average molecular weight is 325 g/mol. The number of amides is 1. The molecule has 0 spiro atoms. The molecule has 1 aliphatic rings. The molecule has 0 radical (unpaired) electrons. The van der Waals surface area contributed by atoms with Crippen LogP contribution in [0, 0.1) is 5.41 Å². The van der Waals surface area contributed by atoms with Crippen molar-refractivity contribution < 1.29 is 4.79 Å². The normalized spacial score (nSPS) is 19.1. The van der Waals surface area contributed by atoms with Gasteiger partial charge in [0, 0.05) is 25.6 Å². The fourth-order valence-corrected chi connectivity index (χ4v) is 3.13. The van der Waals surface area contributed by atoms with E-state index < -0.39 is 0 Å². The third-order valence-corrected chi connectivity index (χ3v) is 4.87. The van der Waals surface area contributed by atoms with Crippen LogP contribution >= 0.6 is 12.4 Å². The molecule has 124 valence electrons. The lowest BCUT2D eigenvalue weighted by Crippen LogP contribution is -2.41. The van der Waals surface area contributed by atoms with Crippen molar-refractivity contribution in [3.8, 4) is 0 Å². The molecule has 22 heavy (non-hydrogen) atoms. The van der Waals surface area contributed by atoms with Gasteiger partial charge in [0.2, 0.25) is 5.91 Å². The smallest absolute Gasteiger partial charge is 0.224 e. The van der Waals surface area contributed by atoms with Crippen LogP contribution in [0.1, 0.15) is 57.6 Å². The first kappa shape index (κ1) is 19.0. The van der Waals surface area contributed by atoms with Crippen molar-refractivity contribution in [1.82, 2.24) is 4.90 Å². The highest BCUT2D eigenvalue weighted by Gasteiger charge is 2.30. The molecule has 1 saturated carbocycles. The summed E-state index contributed by atoms with van der Waals surface area (Å²) >= 11 is 0. The minimum atomic E-state index is -0.207. The minimum Gasteiger partial charge on any atom is -0.343 e. The van der Waals surface area contributed by atoms with Crippen molar-refractivity contribution in [3.05, 3.63) is 35.9 Å². The Kier molecular flexibility index (Phi) is 6.89. The van der Waals surface area contributed by atoms with E-state index in [0.717, 1.165) is 18.4 Å². The molecule has 0 aromatic heterocycles. The fourth-order valence-electron chi connectivity index (χ4n) is 3.13. The van der Waals surface area contributed by atoms with E-state index in [9.17, 15) is 4.79 Å². The van der Waals surface area contributed by atoms with Gasteiger partial charge < -0.3 is 10.6 Å². The number of benzene rings is 1. The number of halogens is 1. The molecular formula is C18H29ClN2O. The average Bonchev–Trinajstić information content (AvgIpc) is 2.47. The molecule has 2 N–H and O–H groups in total. The number of nitrogens with zero attached hydrogens (tertiary/aromatic N) is 1. The first-order valence-corrected chi connectivity index (χ1v) is 7.95. The summed E-state index contributed by atoms with van der Waals surface area (Å²) in [6.45, 7) is 4.63. The van der Waals surface area contributed by atoms with Gasteiger partial charge in [-0.25, -0.2) is 0 Å². The number of hydrogen-bond acceptors (Lipinski definition) is 2. The van der Waals surface area contributed by atoms with E-state index in [-0.39, 0.29) is 24.4 Å². The topological polar surface area (TPSA) is 46.3 Å². The number of carbonyl (C=O) groups is 1. The maximum Gasteiger partial charge on any atom is 0.224 e. The second-order valence-corrected chi connectivity index (χ2v) is 7.12. The van der Waals surface area contributed by atoms with E-state index in [1.165, 1.54) is 12.8 Å². The van der Waals surface area contributed by atoms with Crippen molar-refractivity contribution in [3.63, 3.8) is 0 Å². The predicted octanol–water partition coefficient (Wildman–Crippen LogP) is 3.93. The van der Waals surface area contributed by atoms with Gasteiger partial charge in [-0.2, -0.15) is 0 Å². The lowest BCUT2D eigenvalue weighted by Gasteiger charge is -2.38. The van der Waals surface area contributed by atoms with Crippen LogP contribution in [0.25, 0.3) is 0 Å². The van der Waals surface area contributed by atoms with Crippen LogP contribution in [-0.4, -0.2) is 23.9 Å². The van der Waals surface area contributed by atoms with Gasteiger partial charge in [0.05, 0.1) is 0 Å². The third-order valence-electron chi connectivity index (χ3n) is 4.87. The fraction of sp³-hybridized carbons (Fsp3) is 0.611. The molecule has 1 fully saturated rings. The Hall–Kier alpha value is -1.06. The van der Waals surface area contributed by atoms with Crippen molar-refractivity contribution in [1.29, 1.82) is 0 Å². The van der Waals surface area contributed by atoms with Crippen LogP contribution in [0.15, 0.2) is 30.3 Å². The second kappa shape index (κ2) is 7.98. The highest BCUT2D eigenvalue weighted by molar-refractivity contribution is 5.85. The number of nitrogens with two attached hydrogens (primary N) is 1. The van der Waals surface area contributed by atoms with Crippen LogP contribution in [0.2, 0.25) is 0 Å². The van der Waals surface area contributed by atoms with Crippen molar-refractivity contribution in [2.75, 3.05) is 7.05 Å². The van der Waals surface area contributed by atoms with Gasteiger partial charge in [-0.05, 0) is 36.7 Å². The second-order valence-electron chi connectivity index (χ2n) is 7.12. The summed E-state index contributed by atoms with van der Waals surface area (Å²) in [7, 11) is 1.93. The van der Waals surface area contributed by atoms with E-state index in [1.54, 1.807) is 0 Å². The van der Waals surface area contributed by atoms with E-state index in [4.69, 9.17) is 5.73 Å². The maximum absolute atomic E-state index is 12.4.